The average molecular weight is 522 g/mol. The van der Waals surface area contributed by atoms with E-state index in [2.05, 4.69) is 10.3 Å². The maximum Gasteiger partial charge on any atom is 0.358 e. The number of aliphatic hydroxyl groups excluding tert-OH is 1. The molecule has 200 valence electrons. The zero-order valence-corrected chi connectivity index (χ0v) is 21.8. The van der Waals surface area contributed by atoms with Gasteiger partial charge in [0.25, 0.3) is 0 Å². The lowest BCUT2D eigenvalue weighted by molar-refractivity contribution is -0.175. The summed E-state index contributed by atoms with van der Waals surface area (Å²) in [5.74, 6) is -2.06. The Labute approximate surface area is 220 Å². The van der Waals surface area contributed by atoms with Gasteiger partial charge in [0.1, 0.15) is 11.5 Å². The Morgan fingerprint density at radius 1 is 1.13 bits per heavy atom. The number of amides is 2. The van der Waals surface area contributed by atoms with Crippen LogP contribution in [0.3, 0.4) is 0 Å². The van der Waals surface area contributed by atoms with Gasteiger partial charge < -0.3 is 24.8 Å². The second kappa shape index (κ2) is 10.7. The lowest BCUT2D eigenvalue weighted by Gasteiger charge is -2.44. The number of β-lactam (4-membered cyclic amide) rings is 1. The molecule has 2 aromatic rings. The van der Waals surface area contributed by atoms with E-state index in [1.807, 2.05) is 0 Å². The summed E-state index contributed by atoms with van der Waals surface area (Å²) in [7, 11) is 0. The first-order chi connectivity index (χ1) is 18.0. The highest BCUT2D eigenvalue weighted by atomic mass is 16.7. The second-order valence-corrected chi connectivity index (χ2v) is 10.4. The van der Waals surface area contributed by atoms with E-state index in [1.54, 1.807) is 76.4 Å². The normalized spacial score (nSPS) is 19.4. The average Bonchev–Trinajstić information content (AvgIpc) is 3.19. The third-order valence-electron chi connectivity index (χ3n) is 6.51. The highest BCUT2D eigenvalue weighted by molar-refractivity contribution is 6.06. The van der Waals surface area contributed by atoms with E-state index < -0.39 is 36.2 Å². The molecule has 1 fully saturated rings. The maximum absolute atomic E-state index is 13.1. The topological polar surface area (TPSA) is 135 Å². The first-order valence-corrected chi connectivity index (χ1v) is 12.4. The Balaban J connectivity index is 1.51. The molecule has 2 aliphatic rings. The summed E-state index contributed by atoms with van der Waals surface area (Å²) < 4.78 is 10.3. The number of hydrogen-bond donors (Lipinski definition) is 2. The third-order valence-corrected chi connectivity index (χ3v) is 6.51. The van der Waals surface area contributed by atoms with Gasteiger partial charge in [0.05, 0.1) is 29.9 Å². The fourth-order valence-corrected chi connectivity index (χ4v) is 4.57. The van der Waals surface area contributed by atoms with E-state index in [0.29, 0.717) is 23.4 Å². The number of aliphatic hydroxyl groups is 1. The van der Waals surface area contributed by atoms with Crippen molar-refractivity contribution in [3.8, 4) is 0 Å². The molecule has 4 rings (SSSR count). The molecule has 38 heavy (non-hydrogen) atoms. The van der Waals surface area contributed by atoms with Crippen molar-refractivity contribution in [2.24, 2.45) is 11.3 Å². The molecular weight excluding hydrogens is 490 g/mol. The molecule has 10 heteroatoms. The highest BCUT2D eigenvalue weighted by Gasteiger charge is 2.57. The van der Waals surface area contributed by atoms with Crippen molar-refractivity contribution in [2.75, 3.05) is 12.1 Å². The molecule has 0 bridgehead atoms. The van der Waals surface area contributed by atoms with Crippen LogP contribution in [0.15, 0.2) is 54.4 Å². The monoisotopic (exact) mass is 521 g/mol. The smallest absolute Gasteiger partial charge is 0.358 e. The third kappa shape index (κ3) is 5.60. The number of hydrogen-bond acceptors (Lipinski definition) is 8. The van der Waals surface area contributed by atoms with E-state index in [1.165, 1.54) is 4.90 Å². The molecule has 0 saturated carbocycles. The molecule has 10 nitrogen and oxygen atoms in total. The van der Waals surface area contributed by atoms with Crippen molar-refractivity contribution in [1.29, 1.82) is 0 Å². The number of nitrogens with one attached hydrogen (secondary N) is 1. The molecule has 3 heterocycles. The van der Waals surface area contributed by atoms with Crippen LogP contribution in [0, 0.1) is 11.3 Å². The lowest BCUT2D eigenvalue weighted by Crippen LogP contribution is -2.61. The van der Waals surface area contributed by atoms with E-state index >= 15 is 0 Å². The zero-order valence-electron chi connectivity index (χ0n) is 21.8. The minimum absolute atomic E-state index is 0.0735. The highest BCUT2D eigenvalue weighted by Crippen LogP contribution is 2.47. The fourth-order valence-electron chi connectivity index (χ4n) is 4.57. The van der Waals surface area contributed by atoms with Crippen molar-refractivity contribution in [1.82, 2.24) is 9.88 Å². The fraction of sp³-hybridized carbons (Fsp3) is 0.393. The summed E-state index contributed by atoms with van der Waals surface area (Å²) in [4.78, 5) is 55.7. The van der Waals surface area contributed by atoms with E-state index in [4.69, 9.17) is 9.47 Å². The number of benzene rings is 1. The quantitative estimate of drug-likeness (QED) is 0.308. The molecule has 0 aliphatic carbocycles. The van der Waals surface area contributed by atoms with E-state index in [-0.39, 0.29) is 30.0 Å². The molecule has 2 amide bonds. The first-order valence-electron chi connectivity index (χ1n) is 12.4. The van der Waals surface area contributed by atoms with Gasteiger partial charge in [-0.25, -0.2) is 9.78 Å². The zero-order chi connectivity index (χ0) is 27.6. The molecule has 0 spiro atoms. The minimum Gasteiger partial charge on any atom is -0.427 e. The minimum atomic E-state index is -0.867. The van der Waals surface area contributed by atoms with Gasteiger partial charge in [-0.2, -0.15) is 0 Å². The molecule has 1 aromatic carbocycles. The number of carbonyl (C=O) groups excluding carboxylic acids is 4. The lowest BCUT2D eigenvalue weighted by atomic mass is 9.82. The summed E-state index contributed by atoms with van der Waals surface area (Å²) in [6.07, 6.45) is 1.20. The van der Waals surface area contributed by atoms with Crippen LogP contribution in [-0.2, 0) is 35.1 Å². The number of nitrogens with zero attached hydrogens (tertiary/aromatic N) is 2. The van der Waals surface area contributed by atoms with Crippen LogP contribution >= 0.6 is 0 Å². The van der Waals surface area contributed by atoms with Crippen LogP contribution in [0.25, 0.3) is 5.57 Å². The largest absolute Gasteiger partial charge is 0.427 e. The SMILES string of the molecule is C[C@@H](O)[C@H]1C(=O)N2C(C(=O)OCOC(=O)C(C)(C)C)=C(c3ccc(CC(=O)Nc4ccccn4)cc3)C[C@H]12. The van der Waals surface area contributed by atoms with Crippen molar-refractivity contribution in [3.05, 3.63) is 65.5 Å². The Kier molecular flexibility index (Phi) is 7.63. The van der Waals surface area contributed by atoms with Gasteiger partial charge in [-0.1, -0.05) is 30.3 Å². The molecule has 2 aliphatic heterocycles. The summed E-state index contributed by atoms with van der Waals surface area (Å²) in [5.41, 5.74) is 1.33. The molecule has 2 N–H and O–H groups in total. The van der Waals surface area contributed by atoms with Gasteiger partial charge in [-0.3, -0.25) is 14.4 Å². The Bertz CT molecular complexity index is 1260. The number of esters is 2. The van der Waals surface area contributed by atoms with Gasteiger partial charge in [-0.15, -0.1) is 0 Å². The Morgan fingerprint density at radius 2 is 1.84 bits per heavy atom. The van der Waals surface area contributed by atoms with Gasteiger partial charge in [-0.05, 0) is 62.9 Å². The van der Waals surface area contributed by atoms with Crippen molar-refractivity contribution in [3.63, 3.8) is 0 Å². The predicted molar refractivity (Wildman–Crippen MR) is 137 cm³/mol. The van der Waals surface area contributed by atoms with Crippen molar-refractivity contribution >= 4 is 35.1 Å². The predicted octanol–water partition coefficient (Wildman–Crippen LogP) is 2.68. The van der Waals surface area contributed by atoms with Crippen LogP contribution in [0.5, 0.6) is 0 Å². The van der Waals surface area contributed by atoms with Crippen LogP contribution in [0.4, 0.5) is 5.82 Å². The molecule has 0 unspecified atom stereocenters. The Morgan fingerprint density at radius 3 is 2.45 bits per heavy atom. The number of ether oxygens (including phenoxy) is 2. The molecule has 1 aromatic heterocycles. The summed E-state index contributed by atoms with van der Waals surface area (Å²) in [6, 6.07) is 12.0. The number of carbonyl (C=O) groups is 4. The first kappa shape index (κ1) is 27.0. The van der Waals surface area contributed by atoms with E-state index in [9.17, 15) is 24.3 Å². The number of fused-ring (bicyclic) bond motifs is 1. The van der Waals surface area contributed by atoms with E-state index in [0.717, 1.165) is 5.56 Å². The number of pyridine rings is 1. The molecule has 1 saturated heterocycles. The summed E-state index contributed by atoms with van der Waals surface area (Å²) in [5, 5.41) is 12.8. The van der Waals surface area contributed by atoms with Gasteiger partial charge >= 0.3 is 11.9 Å². The van der Waals surface area contributed by atoms with Crippen molar-refractivity contribution < 1.29 is 33.8 Å². The number of aromatic nitrogens is 1. The Hall–Kier alpha value is -4.05. The van der Waals surface area contributed by atoms with Crippen LogP contribution in [0.2, 0.25) is 0 Å². The van der Waals surface area contributed by atoms with Crippen molar-refractivity contribution in [2.45, 2.75) is 52.7 Å². The summed E-state index contributed by atoms with van der Waals surface area (Å²) in [6.45, 7) is 6.01. The van der Waals surface area contributed by atoms with Gasteiger partial charge in [0, 0.05) is 6.20 Å². The van der Waals surface area contributed by atoms with Gasteiger partial charge in [0.2, 0.25) is 18.6 Å². The summed E-state index contributed by atoms with van der Waals surface area (Å²) >= 11 is 0. The van der Waals surface area contributed by atoms with Gasteiger partial charge in [0.15, 0.2) is 0 Å². The van der Waals surface area contributed by atoms with Crippen LogP contribution < -0.4 is 5.32 Å². The maximum atomic E-state index is 13.1. The molecular formula is C28H31N3O7. The molecule has 0 radical (unpaired) electrons. The number of anilines is 1. The van der Waals surface area contributed by atoms with Crippen LogP contribution in [-0.4, -0.2) is 57.7 Å². The second-order valence-electron chi connectivity index (χ2n) is 10.4. The standard InChI is InChI=1S/C28H31N3O7/c1-16(32)23-20-14-19(24(31(20)25(23)34)26(35)37-15-38-27(36)28(2,3)4)18-10-8-17(9-11-18)13-22(33)30-21-7-5-6-12-29-21/h5-12,16,20,23,32H,13-15H2,1-4H3,(H,29,30,33)/t16-,20-,23-/m1/s1. The molecule has 3 atom stereocenters. The van der Waals surface area contributed by atoms with Crippen LogP contribution in [0.1, 0.15) is 45.2 Å². The number of rotatable bonds is 8.